The van der Waals surface area contributed by atoms with E-state index in [1.807, 2.05) is 7.05 Å². The number of likely N-dealkylation sites (tertiary alicyclic amines) is 1. The number of alkyl halides is 3. The lowest BCUT2D eigenvalue weighted by Crippen LogP contribution is -2.35. The first kappa shape index (κ1) is 14.7. The Balaban J connectivity index is 2.05. The van der Waals surface area contributed by atoms with Gasteiger partial charge in [0.25, 0.3) is 0 Å². The van der Waals surface area contributed by atoms with Crippen molar-refractivity contribution in [2.75, 3.05) is 20.1 Å². The highest BCUT2D eigenvalue weighted by atomic mass is 79.9. The minimum Gasteiger partial charge on any atom is -0.489 e. The molecule has 0 radical (unpaired) electrons. The van der Waals surface area contributed by atoms with Gasteiger partial charge in [0, 0.05) is 13.1 Å². The number of rotatable bonds is 2. The second kappa shape index (κ2) is 5.71. The highest BCUT2D eigenvalue weighted by Crippen LogP contribution is 2.35. The summed E-state index contributed by atoms with van der Waals surface area (Å²) in [6.07, 6.45) is -2.47. The van der Waals surface area contributed by atoms with Gasteiger partial charge in [-0.2, -0.15) is 13.2 Å². The Kier molecular flexibility index (Phi) is 4.40. The van der Waals surface area contributed by atoms with Crippen molar-refractivity contribution in [3.63, 3.8) is 0 Å². The summed E-state index contributed by atoms with van der Waals surface area (Å²) in [7, 11) is 2.05. The summed E-state index contributed by atoms with van der Waals surface area (Å²) in [5, 5.41) is 0. The molecule has 0 amide bonds. The Labute approximate surface area is 118 Å². The average molecular weight is 338 g/mol. The molecule has 0 atom stereocenters. The average Bonchev–Trinajstić information content (AvgIpc) is 2.33. The zero-order valence-electron chi connectivity index (χ0n) is 10.5. The standard InChI is InChI=1S/C13H15BrF3NO/c1-18-6-4-10(5-7-18)19-12-3-2-9(8-11(12)14)13(15,16)17/h2-3,8,10H,4-7H2,1H3. The molecule has 19 heavy (non-hydrogen) atoms. The molecule has 1 aliphatic rings. The molecule has 0 bridgehead atoms. The Morgan fingerprint density at radius 3 is 2.42 bits per heavy atom. The highest BCUT2D eigenvalue weighted by Gasteiger charge is 2.31. The van der Waals surface area contributed by atoms with Gasteiger partial charge in [-0.15, -0.1) is 0 Å². The van der Waals surface area contributed by atoms with E-state index in [1.165, 1.54) is 6.07 Å². The van der Waals surface area contributed by atoms with Gasteiger partial charge >= 0.3 is 6.18 Å². The molecule has 106 valence electrons. The third-order valence-corrected chi connectivity index (χ3v) is 3.84. The molecule has 0 aromatic heterocycles. The second-order valence-corrected chi connectivity index (χ2v) is 5.62. The zero-order valence-corrected chi connectivity index (χ0v) is 12.1. The number of benzene rings is 1. The van der Waals surface area contributed by atoms with Gasteiger partial charge in [-0.05, 0) is 54.0 Å². The van der Waals surface area contributed by atoms with Gasteiger partial charge in [-0.1, -0.05) is 0 Å². The topological polar surface area (TPSA) is 12.5 Å². The lowest BCUT2D eigenvalue weighted by molar-refractivity contribution is -0.137. The van der Waals surface area contributed by atoms with E-state index < -0.39 is 11.7 Å². The van der Waals surface area contributed by atoms with E-state index in [0.717, 1.165) is 38.1 Å². The highest BCUT2D eigenvalue weighted by molar-refractivity contribution is 9.10. The van der Waals surface area contributed by atoms with Crippen LogP contribution in [0.15, 0.2) is 22.7 Å². The number of nitrogens with zero attached hydrogens (tertiary/aromatic N) is 1. The van der Waals surface area contributed by atoms with Gasteiger partial charge in [0.1, 0.15) is 11.9 Å². The first-order valence-corrected chi connectivity index (χ1v) is 6.87. The molecule has 0 aliphatic carbocycles. The molecule has 1 saturated heterocycles. The van der Waals surface area contributed by atoms with E-state index in [4.69, 9.17) is 4.74 Å². The maximum absolute atomic E-state index is 12.5. The summed E-state index contributed by atoms with van der Waals surface area (Å²) in [5.41, 5.74) is -0.671. The van der Waals surface area contributed by atoms with Crippen LogP contribution in [0.4, 0.5) is 13.2 Å². The number of hydrogen-bond donors (Lipinski definition) is 0. The summed E-state index contributed by atoms with van der Waals surface area (Å²) in [6.45, 7) is 1.89. The third kappa shape index (κ3) is 3.86. The first-order chi connectivity index (χ1) is 8.86. The number of hydrogen-bond acceptors (Lipinski definition) is 2. The monoisotopic (exact) mass is 337 g/mol. The molecule has 2 rings (SSSR count). The van der Waals surface area contributed by atoms with Gasteiger partial charge < -0.3 is 9.64 Å². The van der Waals surface area contributed by atoms with Crippen molar-refractivity contribution in [3.05, 3.63) is 28.2 Å². The van der Waals surface area contributed by atoms with Crippen molar-refractivity contribution in [1.82, 2.24) is 4.90 Å². The predicted octanol–water partition coefficient (Wildman–Crippen LogP) is 3.94. The molecule has 1 aromatic rings. The molecule has 1 aliphatic heterocycles. The number of halogens is 4. The summed E-state index contributed by atoms with van der Waals surface area (Å²) < 4.78 is 43.7. The molecule has 6 heteroatoms. The predicted molar refractivity (Wildman–Crippen MR) is 70.3 cm³/mol. The SMILES string of the molecule is CN1CCC(Oc2ccc(C(F)(F)F)cc2Br)CC1. The number of ether oxygens (including phenoxy) is 1. The van der Waals surface area contributed by atoms with Gasteiger partial charge in [-0.3, -0.25) is 0 Å². The molecule has 0 spiro atoms. The van der Waals surface area contributed by atoms with Crippen LogP contribution in [0, 0.1) is 0 Å². The minimum atomic E-state index is -4.32. The van der Waals surface area contributed by atoms with Crippen LogP contribution in [0.25, 0.3) is 0 Å². The lowest BCUT2D eigenvalue weighted by Gasteiger charge is -2.29. The Morgan fingerprint density at radius 2 is 1.89 bits per heavy atom. The van der Waals surface area contributed by atoms with Crippen molar-refractivity contribution in [3.8, 4) is 5.75 Å². The van der Waals surface area contributed by atoms with Crippen LogP contribution >= 0.6 is 15.9 Å². The molecule has 1 aromatic carbocycles. The van der Waals surface area contributed by atoms with Gasteiger partial charge in [-0.25, -0.2) is 0 Å². The van der Waals surface area contributed by atoms with Crippen molar-refractivity contribution in [2.24, 2.45) is 0 Å². The van der Waals surface area contributed by atoms with Gasteiger partial charge in [0.2, 0.25) is 0 Å². The van der Waals surface area contributed by atoms with Crippen molar-refractivity contribution >= 4 is 15.9 Å². The first-order valence-electron chi connectivity index (χ1n) is 6.08. The zero-order chi connectivity index (χ0) is 14.0. The maximum atomic E-state index is 12.5. The maximum Gasteiger partial charge on any atom is 0.416 e. The Hall–Kier alpha value is -0.750. The van der Waals surface area contributed by atoms with E-state index in [-0.39, 0.29) is 6.10 Å². The molecule has 0 N–H and O–H groups in total. The molecular weight excluding hydrogens is 323 g/mol. The quantitative estimate of drug-likeness (QED) is 0.810. The Morgan fingerprint density at radius 1 is 1.26 bits per heavy atom. The van der Waals surface area contributed by atoms with Crippen LogP contribution < -0.4 is 4.74 Å². The normalized spacial score (nSPS) is 18.6. The summed E-state index contributed by atoms with van der Waals surface area (Å²) in [5.74, 6) is 0.475. The second-order valence-electron chi connectivity index (χ2n) is 4.76. The fraction of sp³-hybridized carbons (Fsp3) is 0.538. The molecule has 1 heterocycles. The van der Waals surface area contributed by atoms with Crippen LogP contribution in [0.2, 0.25) is 0 Å². The molecule has 0 saturated carbocycles. The largest absolute Gasteiger partial charge is 0.489 e. The van der Waals surface area contributed by atoms with Gasteiger partial charge in [0.05, 0.1) is 10.0 Å². The summed E-state index contributed by atoms with van der Waals surface area (Å²) >= 11 is 3.14. The lowest BCUT2D eigenvalue weighted by atomic mass is 10.1. The van der Waals surface area contributed by atoms with E-state index in [1.54, 1.807) is 0 Å². The fourth-order valence-corrected chi connectivity index (χ4v) is 2.53. The van der Waals surface area contributed by atoms with Crippen LogP contribution in [0.5, 0.6) is 5.75 Å². The van der Waals surface area contributed by atoms with E-state index in [9.17, 15) is 13.2 Å². The van der Waals surface area contributed by atoms with Crippen molar-refractivity contribution in [1.29, 1.82) is 0 Å². The van der Waals surface area contributed by atoms with Crippen LogP contribution in [-0.4, -0.2) is 31.1 Å². The van der Waals surface area contributed by atoms with Crippen molar-refractivity contribution < 1.29 is 17.9 Å². The van der Waals surface area contributed by atoms with Crippen LogP contribution in [0.3, 0.4) is 0 Å². The Bertz CT molecular complexity index is 442. The van der Waals surface area contributed by atoms with E-state index in [2.05, 4.69) is 20.8 Å². The molecular formula is C13H15BrF3NO. The van der Waals surface area contributed by atoms with E-state index >= 15 is 0 Å². The van der Waals surface area contributed by atoms with Crippen molar-refractivity contribution in [2.45, 2.75) is 25.1 Å². The van der Waals surface area contributed by atoms with Crippen LogP contribution in [-0.2, 0) is 6.18 Å². The molecule has 2 nitrogen and oxygen atoms in total. The van der Waals surface area contributed by atoms with Gasteiger partial charge in [0.15, 0.2) is 0 Å². The summed E-state index contributed by atoms with van der Waals surface area (Å²) in [4.78, 5) is 2.21. The van der Waals surface area contributed by atoms with Crippen LogP contribution in [0.1, 0.15) is 18.4 Å². The summed E-state index contributed by atoms with van der Waals surface area (Å²) in [6, 6.07) is 3.49. The third-order valence-electron chi connectivity index (χ3n) is 3.22. The van der Waals surface area contributed by atoms with E-state index in [0.29, 0.717) is 10.2 Å². The number of piperidine rings is 1. The fourth-order valence-electron chi connectivity index (χ4n) is 2.06. The molecule has 0 unspecified atom stereocenters. The minimum absolute atomic E-state index is 0.0734. The molecule has 1 fully saturated rings. The smallest absolute Gasteiger partial charge is 0.416 e.